The van der Waals surface area contributed by atoms with Crippen molar-refractivity contribution in [2.24, 2.45) is 0 Å². The number of hydrogen-bond acceptors (Lipinski definition) is 2. The quantitative estimate of drug-likeness (QED) is 0.135. The number of fused-ring (bicyclic) bond motifs is 4. The molecule has 0 heterocycles. The Morgan fingerprint density at radius 2 is 0.685 bits per heavy atom. The summed E-state index contributed by atoms with van der Waals surface area (Å²) in [6.45, 7) is 17.5. The molecule has 0 radical (unpaired) electrons. The molecule has 0 aliphatic heterocycles. The second kappa shape index (κ2) is 11.3. The third-order valence-corrected chi connectivity index (χ3v) is 12.6. The maximum Gasteiger partial charge on any atom is 0.194 e. The van der Waals surface area contributed by atoms with Gasteiger partial charge in [-0.1, -0.05) is 97.8 Å². The lowest BCUT2D eigenvalue weighted by Crippen LogP contribution is -2.12. The highest BCUT2D eigenvalue weighted by atomic mass is 16.1. The highest BCUT2D eigenvalue weighted by Gasteiger charge is 2.32. The fraction of sp³-hybridized carbons (Fsp3) is 0.192. The first-order chi connectivity index (χ1) is 26.0. The Balaban J connectivity index is 1.69. The van der Waals surface area contributed by atoms with Crippen LogP contribution in [0.3, 0.4) is 0 Å². The van der Waals surface area contributed by atoms with Crippen molar-refractivity contribution in [3.05, 3.63) is 150 Å². The first kappa shape index (κ1) is 32.8. The Labute approximate surface area is 314 Å². The van der Waals surface area contributed by atoms with Crippen molar-refractivity contribution in [1.82, 2.24) is 0 Å². The Hall–Kier alpha value is -5.86. The van der Waals surface area contributed by atoms with Gasteiger partial charge in [-0.3, -0.25) is 9.59 Å². The minimum atomic E-state index is 0.0739. The summed E-state index contributed by atoms with van der Waals surface area (Å²) in [6, 6.07) is 30.1. The van der Waals surface area contributed by atoms with Gasteiger partial charge >= 0.3 is 0 Å². The van der Waals surface area contributed by atoms with Crippen LogP contribution in [0, 0.1) is 41.5 Å². The van der Waals surface area contributed by atoms with Gasteiger partial charge in [-0.25, -0.2) is 0 Å². The van der Waals surface area contributed by atoms with Gasteiger partial charge < -0.3 is 0 Å². The number of aryl methyl sites for hydroxylation is 8. The van der Waals surface area contributed by atoms with Gasteiger partial charge in [-0.05, 0) is 154 Å². The fourth-order valence-electron chi connectivity index (χ4n) is 10.8. The zero-order chi connectivity index (χ0) is 37.5. The molecule has 0 spiro atoms. The maximum absolute atomic E-state index is 15.4. The standard InChI is InChI=1S/C52H42O2/c1-9-31-23-37-33-15-11-13-17-35(33)52(54)50-43(37)47-41(31)45(39-27(5)19-25(3)20-28(39)6)49-44-38(34-16-12-14-18-36(34)51(49)53)24-32(10-2)42(48(44)47)46(50)40-29(7)21-26(4)22-30(40)8/h11-24H,9-10H2,1-8H3. The highest BCUT2D eigenvalue weighted by Crippen LogP contribution is 2.55. The third kappa shape index (κ3) is 4.06. The average Bonchev–Trinajstić information content (AvgIpc) is 3.15. The zero-order valence-corrected chi connectivity index (χ0v) is 32.3. The molecule has 10 rings (SSSR count). The van der Waals surface area contributed by atoms with Gasteiger partial charge in [0.1, 0.15) is 0 Å². The van der Waals surface area contributed by atoms with Crippen LogP contribution in [0.5, 0.6) is 0 Å². The molecule has 2 heteroatoms. The lowest BCUT2D eigenvalue weighted by molar-refractivity contribution is 1.16. The maximum atomic E-state index is 15.4. The minimum absolute atomic E-state index is 0.0739. The molecular formula is C52H42O2. The van der Waals surface area contributed by atoms with Crippen LogP contribution in [0.15, 0.2) is 94.5 Å². The lowest BCUT2D eigenvalue weighted by atomic mass is 9.74. The van der Waals surface area contributed by atoms with E-state index in [0.717, 1.165) is 133 Å². The second-order valence-electron chi connectivity index (χ2n) is 15.9. The third-order valence-electron chi connectivity index (χ3n) is 12.6. The molecule has 0 bridgehead atoms. The van der Waals surface area contributed by atoms with Crippen molar-refractivity contribution in [1.29, 1.82) is 0 Å². The molecule has 0 atom stereocenters. The first-order valence-electron chi connectivity index (χ1n) is 19.4. The number of rotatable bonds is 4. The topological polar surface area (TPSA) is 34.1 Å². The molecular weight excluding hydrogens is 657 g/mol. The predicted molar refractivity (Wildman–Crippen MR) is 233 cm³/mol. The summed E-state index contributed by atoms with van der Waals surface area (Å²) < 4.78 is 0. The molecule has 0 aliphatic carbocycles. The molecule has 262 valence electrons. The summed E-state index contributed by atoms with van der Waals surface area (Å²) in [5.74, 6) is 0. The Kier molecular flexibility index (Phi) is 6.87. The highest BCUT2D eigenvalue weighted by molar-refractivity contribution is 6.46. The molecule has 0 fully saturated rings. The minimum Gasteiger partial charge on any atom is -0.289 e. The van der Waals surface area contributed by atoms with E-state index < -0.39 is 0 Å². The first-order valence-corrected chi connectivity index (χ1v) is 19.4. The zero-order valence-electron chi connectivity index (χ0n) is 32.3. The van der Waals surface area contributed by atoms with Crippen LogP contribution in [0.1, 0.15) is 58.4 Å². The van der Waals surface area contributed by atoms with E-state index in [-0.39, 0.29) is 10.9 Å². The van der Waals surface area contributed by atoms with Gasteiger partial charge in [0, 0.05) is 43.4 Å². The molecule has 10 aromatic carbocycles. The van der Waals surface area contributed by atoms with Crippen molar-refractivity contribution >= 4 is 75.4 Å². The molecule has 10 aromatic rings. The SMILES string of the molecule is CCc1cc2c3ccccc3c(=O)c3c(-c4c(C)cc(C)cc4C)c4c(CC)cc5c6ccccc6c(=O)c6c(-c7c(C)cc(C)cc7C)c1c(c32)c4c65. The summed E-state index contributed by atoms with van der Waals surface area (Å²) >= 11 is 0. The summed E-state index contributed by atoms with van der Waals surface area (Å²) in [5, 5.41) is 13.8. The van der Waals surface area contributed by atoms with Gasteiger partial charge in [0.15, 0.2) is 10.9 Å². The molecule has 0 unspecified atom stereocenters. The van der Waals surface area contributed by atoms with Crippen molar-refractivity contribution in [3.63, 3.8) is 0 Å². The van der Waals surface area contributed by atoms with Crippen LogP contribution in [0.25, 0.3) is 97.7 Å². The normalized spacial score (nSPS) is 12.4. The molecule has 0 aromatic heterocycles. The Morgan fingerprint density at radius 3 is 1.02 bits per heavy atom. The van der Waals surface area contributed by atoms with Crippen LogP contribution in [-0.2, 0) is 12.8 Å². The van der Waals surface area contributed by atoms with Crippen molar-refractivity contribution < 1.29 is 0 Å². The van der Waals surface area contributed by atoms with Crippen LogP contribution in [0.4, 0.5) is 0 Å². The van der Waals surface area contributed by atoms with Crippen molar-refractivity contribution in [2.45, 2.75) is 68.2 Å². The molecule has 0 N–H and O–H groups in total. The average molecular weight is 699 g/mol. The predicted octanol–water partition coefficient (Wildman–Crippen LogP) is 13.1. The van der Waals surface area contributed by atoms with E-state index in [1.807, 2.05) is 24.3 Å². The smallest absolute Gasteiger partial charge is 0.194 e. The van der Waals surface area contributed by atoms with Crippen molar-refractivity contribution in [3.8, 4) is 22.3 Å². The summed E-state index contributed by atoms with van der Waals surface area (Å²) in [4.78, 5) is 30.9. The molecule has 0 saturated heterocycles. The second-order valence-corrected chi connectivity index (χ2v) is 15.9. The molecule has 54 heavy (non-hydrogen) atoms. The van der Waals surface area contributed by atoms with Crippen molar-refractivity contribution in [2.75, 3.05) is 0 Å². The molecule has 0 amide bonds. The van der Waals surface area contributed by atoms with Gasteiger partial charge in [0.2, 0.25) is 0 Å². The van der Waals surface area contributed by atoms with E-state index in [0.29, 0.717) is 0 Å². The summed E-state index contributed by atoms with van der Waals surface area (Å²) in [5.41, 5.74) is 13.9. The van der Waals surface area contributed by atoms with Crippen LogP contribution in [0.2, 0.25) is 0 Å². The van der Waals surface area contributed by atoms with Gasteiger partial charge in [-0.15, -0.1) is 0 Å². The summed E-state index contributed by atoms with van der Waals surface area (Å²) in [7, 11) is 0. The van der Waals surface area contributed by atoms with Gasteiger partial charge in [0.25, 0.3) is 0 Å². The molecule has 2 nitrogen and oxygen atoms in total. The molecule has 0 aliphatic rings. The monoisotopic (exact) mass is 698 g/mol. The van der Waals surface area contributed by atoms with E-state index in [1.54, 1.807) is 0 Å². The summed E-state index contributed by atoms with van der Waals surface area (Å²) in [6.07, 6.45) is 1.56. The van der Waals surface area contributed by atoms with E-state index >= 15 is 9.59 Å². The van der Waals surface area contributed by atoms with E-state index in [9.17, 15) is 0 Å². The number of hydrogen-bond donors (Lipinski definition) is 0. The van der Waals surface area contributed by atoms with Crippen LogP contribution in [-0.4, -0.2) is 0 Å². The van der Waals surface area contributed by atoms with Crippen LogP contribution >= 0.6 is 0 Å². The van der Waals surface area contributed by atoms with E-state index in [2.05, 4.69) is 116 Å². The molecule has 0 saturated carbocycles. The van der Waals surface area contributed by atoms with Gasteiger partial charge in [-0.2, -0.15) is 0 Å². The van der Waals surface area contributed by atoms with Crippen LogP contribution < -0.4 is 10.9 Å². The lowest BCUT2D eigenvalue weighted by Gasteiger charge is -2.28. The Morgan fingerprint density at radius 1 is 0.352 bits per heavy atom. The Bertz CT molecular complexity index is 3110. The number of benzene rings is 10. The van der Waals surface area contributed by atoms with E-state index in [4.69, 9.17) is 0 Å². The largest absolute Gasteiger partial charge is 0.289 e. The van der Waals surface area contributed by atoms with Gasteiger partial charge in [0.05, 0.1) is 0 Å². The fourth-order valence-corrected chi connectivity index (χ4v) is 10.8. The van der Waals surface area contributed by atoms with E-state index in [1.165, 1.54) is 22.3 Å².